The predicted molar refractivity (Wildman–Crippen MR) is 82.9 cm³/mol. The Labute approximate surface area is 133 Å². The number of rotatable bonds is 6. The third kappa shape index (κ3) is 3.55. The molecular weight excluding hydrogens is 299 g/mol. The van der Waals surface area contributed by atoms with Crippen molar-refractivity contribution in [3.8, 4) is 17.2 Å². The monoisotopic (exact) mass is 316 g/mol. The number of Topliss-reactive ketones (excluding diaryl/α,β-unsaturated/α-hetero) is 1. The van der Waals surface area contributed by atoms with Crippen LogP contribution in [0.3, 0.4) is 0 Å². The van der Waals surface area contributed by atoms with Crippen LogP contribution in [0.5, 0.6) is 0 Å². The second-order valence-electron chi connectivity index (χ2n) is 5.03. The number of ether oxygens (including phenoxy) is 1. The number of carbonyl (C=O) groups excluding carboxylic acids is 1. The van der Waals surface area contributed by atoms with Gasteiger partial charge >= 0.3 is 0 Å². The molecule has 0 amide bonds. The Balaban J connectivity index is 2.50. The van der Waals surface area contributed by atoms with Gasteiger partial charge in [0.25, 0.3) is 0 Å². The molecule has 0 aliphatic heterocycles. The van der Waals surface area contributed by atoms with E-state index in [1.165, 1.54) is 6.07 Å². The van der Waals surface area contributed by atoms with E-state index in [0.717, 1.165) is 6.20 Å². The van der Waals surface area contributed by atoms with E-state index in [2.05, 4.69) is 11.1 Å². The molecule has 0 aliphatic carbocycles. The number of aryl methyl sites for hydroxylation is 1. The van der Waals surface area contributed by atoms with Crippen molar-refractivity contribution in [2.75, 3.05) is 18.9 Å². The van der Waals surface area contributed by atoms with Crippen molar-refractivity contribution in [2.45, 2.75) is 13.3 Å². The van der Waals surface area contributed by atoms with Gasteiger partial charge in [0.2, 0.25) is 0 Å². The molecule has 0 saturated carbocycles. The molecule has 2 heterocycles. The quantitative estimate of drug-likeness (QED) is 0.877. The molecular formula is C16H17FN4O2. The van der Waals surface area contributed by atoms with Crippen LogP contribution in [0.4, 0.5) is 10.2 Å². The van der Waals surface area contributed by atoms with E-state index in [0.29, 0.717) is 29.0 Å². The topological polar surface area (TPSA) is 93.9 Å². The lowest BCUT2D eigenvalue weighted by Crippen LogP contribution is -2.12. The number of hydrogen-bond acceptors (Lipinski definition) is 5. The molecule has 0 radical (unpaired) electrons. The molecule has 2 N–H and O–H groups in total. The van der Waals surface area contributed by atoms with Crippen molar-refractivity contribution < 1.29 is 13.9 Å². The highest BCUT2D eigenvalue weighted by molar-refractivity contribution is 5.87. The lowest BCUT2D eigenvalue weighted by atomic mass is 9.99. The summed E-state index contributed by atoms with van der Waals surface area (Å²) in [5, 5.41) is 9.34. The predicted octanol–water partition coefficient (Wildman–Crippen LogP) is 1.83. The van der Waals surface area contributed by atoms with E-state index < -0.39 is 5.82 Å². The van der Waals surface area contributed by atoms with E-state index in [1.54, 1.807) is 24.7 Å². The summed E-state index contributed by atoms with van der Waals surface area (Å²) >= 11 is 0. The molecule has 23 heavy (non-hydrogen) atoms. The van der Waals surface area contributed by atoms with Gasteiger partial charge in [-0.1, -0.05) is 0 Å². The van der Waals surface area contributed by atoms with Crippen LogP contribution in [0.1, 0.15) is 18.2 Å². The number of nitriles is 1. The Bertz CT molecular complexity index is 777. The smallest absolute Gasteiger partial charge is 0.162 e. The fraction of sp³-hybridized carbons (Fsp3) is 0.312. The van der Waals surface area contributed by atoms with Crippen molar-refractivity contribution in [1.29, 1.82) is 5.26 Å². The van der Waals surface area contributed by atoms with Crippen LogP contribution in [-0.2, 0) is 23.0 Å². The maximum atomic E-state index is 13.5. The maximum absolute atomic E-state index is 13.5. The minimum Gasteiger partial charge on any atom is -0.383 e. The van der Waals surface area contributed by atoms with Crippen LogP contribution in [0.2, 0.25) is 0 Å². The highest BCUT2D eigenvalue weighted by atomic mass is 19.1. The van der Waals surface area contributed by atoms with Gasteiger partial charge in [-0.2, -0.15) is 5.26 Å². The molecule has 0 spiro atoms. The van der Waals surface area contributed by atoms with Gasteiger partial charge in [0, 0.05) is 43.0 Å². The van der Waals surface area contributed by atoms with Crippen molar-refractivity contribution >= 4 is 11.6 Å². The van der Waals surface area contributed by atoms with Crippen molar-refractivity contribution in [1.82, 2.24) is 9.55 Å². The largest absolute Gasteiger partial charge is 0.383 e. The Morgan fingerprint density at radius 1 is 1.52 bits per heavy atom. The first-order valence-electron chi connectivity index (χ1n) is 7.07. The van der Waals surface area contributed by atoms with E-state index in [-0.39, 0.29) is 24.6 Å². The van der Waals surface area contributed by atoms with Gasteiger partial charge in [-0.25, -0.2) is 9.37 Å². The second-order valence-corrected chi connectivity index (χ2v) is 5.03. The fourth-order valence-electron chi connectivity index (χ4n) is 2.36. The van der Waals surface area contributed by atoms with Crippen LogP contribution >= 0.6 is 0 Å². The molecule has 2 aromatic rings. The Morgan fingerprint density at radius 3 is 2.91 bits per heavy atom. The third-order valence-corrected chi connectivity index (χ3v) is 3.41. The molecule has 0 fully saturated rings. The van der Waals surface area contributed by atoms with Gasteiger partial charge in [0.05, 0.1) is 6.20 Å². The average molecular weight is 316 g/mol. The van der Waals surface area contributed by atoms with Gasteiger partial charge in [-0.15, -0.1) is 0 Å². The van der Waals surface area contributed by atoms with Crippen LogP contribution in [-0.4, -0.2) is 28.5 Å². The zero-order chi connectivity index (χ0) is 17.0. The summed E-state index contributed by atoms with van der Waals surface area (Å²) < 4.78 is 20.2. The van der Waals surface area contributed by atoms with E-state index >= 15 is 0 Å². The number of halogens is 1. The summed E-state index contributed by atoms with van der Waals surface area (Å²) in [6, 6.07) is 3.31. The number of nitrogen functional groups attached to an aromatic ring is 1. The zero-order valence-corrected chi connectivity index (χ0v) is 13.0. The molecule has 0 unspecified atom stereocenters. The summed E-state index contributed by atoms with van der Waals surface area (Å²) in [5.74, 6) is -0.568. The summed E-state index contributed by atoms with van der Waals surface area (Å²) in [7, 11) is 1.68. The standard InChI is InChI=1S/C16H17FN4O2/c1-3-23-9-11(22)5-12-14(8-21(2)15(12)6-18)13-4-10(17)7-20-16(13)19/h4,7-8H,3,5,9H2,1-2H3,(H2,19,20). The van der Waals surface area contributed by atoms with E-state index in [1.807, 2.05) is 0 Å². The molecule has 0 aromatic carbocycles. The fourth-order valence-corrected chi connectivity index (χ4v) is 2.36. The molecule has 120 valence electrons. The number of carbonyl (C=O) groups is 1. The van der Waals surface area contributed by atoms with E-state index in [4.69, 9.17) is 10.5 Å². The SMILES string of the molecule is CCOCC(=O)Cc1c(-c2cc(F)cnc2N)cn(C)c1C#N. The number of nitrogens with zero attached hydrogens (tertiary/aromatic N) is 3. The minimum absolute atomic E-state index is 0.00895. The average Bonchev–Trinajstić information content (AvgIpc) is 2.83. The number of pyridine rings is 1. The molecule has 0 aliphatic rings. The molecule has 0 saturated heterocycles. The normalized spacial score (nSPS) is 10.5. The van der Waals surface area contributed by atoms with Gasteiger partial charge in [-0.05, 0) is 13.0 Å². The van der Waals surface area contributed by atoms with Crippen molar-refractivity contribution in [2.24, 2.45) is 7.05 Å². The van der Waals surface area contributed by atoms with Crippen molar-refractivity contribution in [3.05, 3.63) is 35.5 Å². The first-order valence-corrected chi connectivity index (χ1v) is 7.07. The van der Waals surface area contributed by atoms with Gasteiger partial charge < -0.3 is 15.0 Å². The van der Waals surface area contributed by atoms with E-state index in [9.17, 15) is 14.4 Å². The third-order valence-electron chi connectivity index (χ3n) is 3.41. The van der Waals surface area contributed by atoms with Crippen molar-refractivity contribution in [3.63, 3.8) is 0 Å². The summed E-state index contributed by atoms with van der Waals surface area (Å²) in [4.78, 5) is 15.8. The number of aromatic nitrogens is 2. The number of hydrogen-bond donors (Lipinski definition) is 1. The molecule has 0 atom stereocenters. The second kappa shape index (κ2) is 7.03. The first kappa shape index (κ1) is 16.6. The Kier molecular flexibility index (Phi) is 5.09. The highest BCUT2D eigenvalue weighted by Gasteiger charge is 2.20. The van der Waals surface area contributed by atoms with Gasteiger partial charge in [0.15, 0.2) is 5.78 Å². The molecule has 0 bridgehead atoms. The molecule has 2 aromatic heterocycles. The number of anilines is 1. The minimum atomic E-state index is -0.539. The lowest BCUT2D eigenvalue weighted by Gasteiger charge is -2.07. The van der Waals surface area contributed by atoms with Gasteiger partial charge in [0.1, 0.15) is 30.0 Å². The van der Waals surface area contributed by atoms with Crippen LogP contribution in [0.15, 0.2) is 18.5 Å². The van der Waals surface area contributed by atoms with Gasteiger partial charge in [-0.3, -0.25) is 4.79 Å². The van der Waals surface area contributed by atoms with Crippen LogP contribution in [0.25, 0.3) is 11.1 Å². The summed E-state index contributed by atoms with van der Waals surface area (Å²) in [6.07, 6.45) is 2.68. The molecule has 2 rings (SSSR count). The van der Waals surface area contributed by atoms with Crippen LogP contribution < -0.4 is 5.73 Å². The zero-order valence-electron chi connectivity index (χ0n) is 13.0. The lowest BCUT2D eigenvalue weighted by molar-refractivity contribution is -0.122. The Hall–Kier alpha value is -2.72. The maximum Gasteiger partial charge on any atom is 0.162 e. The number of nitrogens with two attached hydrogens (primary N) is 1. The summed E-state index contributed by atoms with van der Waals surface area (Å²) in [5.41, 5.74) is 7.54. The molecule has 6 nitrogen and oxygen atoms in total. The Morgan fingerprint density at radius 2 is 2.26 bits per heavy atom. The number of ketones is 1. The first-order chi connectivity index (χ1) is 11.0. The summed E-state index contributed by atoms with van der Waals surface area (Å²) in [6.45, 7) is 2.19. The van der Waals surface area contributed by atoms with Crippen LogP contribution in [0, 0.1) is 17.1 Å². The highest BCUT2D eigenvalue weighted by Crippen LogP contribution is 2.31. The molecule has 7 heteroatoms.